The van der Waals surface area contributed by atoms with Crippen LogP contribution in [0.1, 0.15) is 64.2 Å². The van der Waals surface area contributed by atoms with Gasteiger partial charge in [0, 0.05) is 32.5 Å². The van der Waals surface area contributed by atoms with Gasteiger partial charge in [-0.15, -0.1) is 0 Å². The predicted molar refractivity (Wildman–Crippen MR) is 79.2 cm³/mol. The molecule has 0 unspecified atom stereocenters. The van der Waals surface area contributed by atoms with E-state index in [0.717, 1.165) is 38.3 Å². The highest BCUT2D eigenvalue weighted by Crippen LogP contribution is 2.27. The van der Waals surface area contributed by atoms with Crippen molar-refractivity contribution in [3.8, 4) is 0 Å². The molecule has 2 amide bonds. The highest BCUT2D eigenvalue weighted by Gasteiger charge is 2.18. The number of carbonyl (C=O) groups is 2. The zero-order chi connectivity index (χ0) is 14.2. The Hall–Kier alpha value is -1.06. The molecule has 0 radical (unpaired) electrons. The van der Waals surface area contributed by atoms with Crippen LogP contribution in [0, 0.1) is 5.92 Å². The van der Waals surface area contributed by atoms with Crippen molar-refractivity contribution in [1.29, 1.82) is 0 Å². The van der Waals surface area contributed by atoms with E-state index in [1.807, 2.05) is 4.90 Å². The average molecular weight is 280 g/mol. The molecular formula is C16H28N2O2. The van der Waals surface area contributed by atoms with Crippen LogP contribution in [0.15, 0.2) is 0 Å². The molecule has 1 saturated carbocycles. The Labute approximate surface area is 122 Å². The van der Waals surface area contributed by atoms with E-state index in [1.165, 1.54) is 32.1 Å². The Kier molecular flexibility index (Phi) is 6.34. The molecule has 1 aliphatic carbocycles. The van der Waals surface area contributed by atoms with Crippen LogP contribution < -0.4 is 5.32 Å². The lowest BCUT2D eigenvalue weighted by molar-refractivity contribution is -0.130. The van der Waals surface area contributed by atoms with Crippen LogP contribution in [0.25, 0.3) is 0 Å². The fraction of sp³-hybridized carbons (Fsp3) is 0.875. The Morgan fingerprint density at radius 1 is 0.950 bits per heavy atom. The van der Waals surface area contributed by atoms with Gasteiger partial charge >= 0.3 is 0 Å². The van der Waals surface area contributed by atoms with Crippen molar-refractivity contribution in [2.24, 2.45) is 5.92 Å². The van der Waals surface area contributed by atoms with Gasteiger partial charge < -0.3 is 10.2 Å². The second-order valence-electron chi connectivity index (χ2n) is 6.23. The molecule has 0 aromatic carbocycles. The summed E-state index contributed by atoms with van der Waals surface area (Å²) in [6.07, 6.45) is 11.0. The van der Waals surface area contributed by atoms with E-state index < -0.39 is 0 Å². The van der Waals surface area contributed by atoms with E-state index in [2.05, 4.69) is 5.32 Å². The predicted octanol–water partition coefficient (Wildman–Crippen LogP) is 2.48. The standard InChI is InChI=1S/C16H28N2O2/c19-15(9-8-14-6-2-1-3-7-14)17-11-10-16(20)18-12-4-5-13-18/h14H,1-13H2,(H,17,19). The fourth-order valence-corrected chi connectivity index (χ4v) is 3.33. The van der Waals surface area contributed by atoms with Crippen molar-refractivity contribution in [2.75, 3.05) is 19.6 Å². The minimum absolute atomic E-state index is 0.116. The van der Waals surface area contributed by atoms with Crippen LogP contribution >= 0.6 is 0 Å². The first-order valence-electron chi connectivity index (χ1n) is 8.30. The second kappa shape index (κ2) is 8.28. The Morgan fingerprint density at radius 2 is 1.65 bits per heavy atom. The molecule has 4 nitrogen and oxygen atoms in total. The van der Waals surface area contributed by atoms with E-state index in [4.69, 9.17) is 0 Å². The molecule has 0 spiro atoms. The lowest BCUT2D eigenvalue weighted by atomic mass is 9.86. The molecule has 2 rings (SSSR count). The maximum Gasteiger partial charge on any atom is 0.224 e. The van der Waals surface area contributed by atoms with E-state index in [-0.39, 0.29) is 11.8 Å². The van der Waals surface area contributed by atoms with Crippen LogP contribution in [0.3, 0.4) is 0 Å². The molecule has 1 saturated heterocycles. The SMILES string of the molecule is O=C(CCC1CCCCC1)NCCC(=O)N1CCCC1. The van der Waals surface area contributed by atoms with E-state index in [9.17, 15) is 9.59 Å². The van der Waals surface area contributed by atoms with Crippen molar-refractivity contribution in [1.82, 2.24) is 10.2 Å². The van der Waals surface area contributed by atoms with Crippen molar-refractivity contribution in [2.45, 2.75) is 64.2 Å². The number of nitrogens with one attached hydrogen (secondary N) is 1. The largest absolute Gasteiger partial charge is 0.356 e. The maximum atomic E-state index is 11.8. The van der Waals surface area contributed by atoms with Gasteiger partial charge in [-0.05, 0) is 25.2 Å². The number of nitrogens with zero attached hydrogens (tertiary/aromatic N) is 1. The molecule has 2 fully saturated rings. The lowest BCUT2D eigenvalue weighted by Crippen LogP contribution is -2.32. The second-order valence-corrected chi connectivity index (χ2v) is 6.23. The summed E-state index contributed by atoms with van der Waals surface area (Å²) in [6, 6.07) is 0. The van der Waals surface area contributed by atoms with Gasteiger partial charge in [0.25, 0.3) is 0 Å². The van der Waals surface area contributed by atoms with Crippen LogP contribution in [-0.2, 0) is 9.59 Å². The van der Waals surface area contributed by atoms with Gasteiger partial charge in [-0.3, -0.25) is 9.59 Å². The minimum Gasteiger partial charge on any atom is -0.356 e. The fourth-order valence-electron chi connectivity index (χ4n) is 3.33. The first-order chi connectivity index (χ1) is 9.75. The van der Waals surface area contributed by atoms with Crippen LogP contribution in [0.2, 0.25) is 0 Å². The Morgan fingerprint density at radius 3 is 2.35 bits per heavy atom. The molecule has 0 bridgehead atoms. The minimum atomic E-state index is 0.116. The van der Waals surface area contributed by atoms with Gasteiger partial charge in [0.05, 0.1) is 0 Å². The number of hydrogen-bond acceptors (Lipinski definition) is 2. The van der Waals surface area contributed by atoms with Crippen molar-refractivity contribution in [3.05, 3.63) is 0 Å². The number of hydrogen-bond donors (Lipinski definition) is 1. The van der Waals surface area contributed by atoms with Crippen molar-refractivity contribution in [3.63, 3.8) is 0 Å². The number of likely N-dealkylation sites (tertiary alicyclic amines) is 1. The summed E-state index contributed by atoms with van der Waals surface area (Å²) in [5, 5.41) is 2.89. The molecule has 20 heavy (non-hydrogen) atoms. The zero-order valence-corrected chi connectivity index (χ0v) is 12.5. The van der Waals surface area contributed by atoms with Gasteiger partial charge in [0.15, 0.2) is 0 Å². The maximum absolute atomic E-state index is 11.8. The van der Waals surface area contributed by atoms with Crippen molar-refractivity contribution >= 4 is 11.8 Å². The third-order valence-corrected chi connectivity index (χ3v) is 4.62. The summed E-state index contributed by atoms with van der Waals surface area (Å²) in [5.74, 6) is 1.06. The summed E-state index contributed by atoms with van der Waals surface area (Å²) in [7, 11) is 0. The molecule has 0 aromatic heterocycles. The first kappa shape index (κ1) is 15.3. The smallest absolute Gasteiger partial charge is 0.224 e. The highest BCUT2D eigenvalue weighted by molar-refractivity contribution is 5.79. The van der Waals surface area contributed by atoms with E-state index >= 15 is 0 Å². The first-order valence-corrected chi connectivity index (χ1v) is 8.30. The van der Waals surface area contributed by atoms with Crippen LogP contribution in [0.4, 0.5) is 0 Å². The summed E-state index contributed by atoms with van der Waals surface area (Å²) >= 11 is 0. The quantitative estimate of drug-likeness (QED) is 0.812. The van der Waals surface area contributed by atoms with Gasteiger partial charge in [-0.25, -0.2) is 0 Å². The molecule has 2 aliphatic rings. The molecule has 1 heterocycles. The monoisotopic (exact) mass is 280 g/mol. The lowest BCUT2D eigenvalue weighted by Gasteiger charge is -2.21. The van der Waals surface area contributed by atoms with Crippen LogP contribution in [0.5, 0.6) is 0 Å². The molecule has 114 valence electrons. The average Bonchev–Trinajstić information content (AvgIpc) is 3.00. The number of carbonyl (C=O) groups excluding carboxylic acids is 2. The molecular weight excluding hydrogens is 252 g/mol. The summed E-state index contributed by atoms with van der Waals surface area (Å²) in [4.78, 5) is 25.5. The number of amides is 2. The van der Waals surface area contributed by atoms with Crippen molar-refractivity contribution < 1.29 is 9.59 Å². The highest BCUT2D eigenvalue weighted by atomic mass is 16.2. The van der Waals surface area contributed by atoms with Gasteiger partial charge in [-0.1, -0.05) is 32.1 Å². The van der Waals surface area contributed by atoms with Gasteiger partial charge in [0.2, 0.25) is 11.8 Å². The Bertz CT molecular complexity index is 318. The summed E-state index contributed by atoms with van der Waals surface area (Å²) in [6.45, 7) is 2.29. The van der Waals surface area contributed by atoms with Gasteiger partial charge in [0.1, 0.15) is 0 Å². The van der Waals surface area contributed by atoms with E-state index in [1.54, 1.807) is 0 Å². The molecule has 0 aromatic rings. The molecule has 4 heteroatoms. The topological polar surface area (TPSA) is 49.4 Å². The number of rotatable bonds is 6. The Balaban J connectivity index is 1.52. The molecule has 1 aliphatic heterocycles. The summed E-state index contributed by atoms with van der Waals surface area (Å²) < 4.78 is 0. The molecule has 0 atom stereocenters. The summed E-state index contributed by atoms with van der Waals surface area (Å²) in [5.41, 5.74) is 0. The van der Waals surface area contributed by atoms with E-state index in [0.29, 0.717) is 19.4 Å². The normalized spacial score (nSPS) is 20.1. The van der Waals surface area contributed by atoms with Crippen LogP contribution in [-0.4, -0.2) is 36.3 Å². The van der Waals surface area contributed by atoms with Gasteiger partial charge in [-0.2, -0.15) is 0 Å². The third kappa shape index (κ3) is 5.14. The third-order valence-electron chi connectivity index (χ3n) is 4.62. The molecule has 1 N–H and O–H groups in total. The zero-order valence-electron chi connectivity index (χ0n) is 12.5.